The van der Waals surface area contributed by atoms with Crippen LogP contribution in [0.4, 0.5) is 0 Å². The number of carboxylic acid groups (broad SMARTS) is 1. The molecule has 0 aliphatic heterocycles. The molecule has 2 N–H and O–H groups in total. The summed E-state index contributed by atoms with van der Waals surface area (Å²) >= 11 is 0. The highest BCUT2D eigenvalue weighted by Crippen LogP contribution is 2.24. The van der Waals surface area contributed by atoms with Gasteiger partial charge in [-0.2, -0.15) is 0 Å². The van der Waals surface area contributed by atoms with Crippen molar-refractivity contribution in [3.8, 4) is 0 Å². The van der Waals surface area contributed by atoms with Gasteiger partial charge in [-0.05, 0) is 39.5 Å². The van der Waals surface area contributed by atoms with Gasteiger partial charge in [0.1, 0.15) is 6.61 Å². The van der Waals surface area contributed by atoms with E-state index in [1.54, 1.807) is 0 Å². The molecule has 0 aromatic heterocycles. The zero-order valence-corrected chi connectivity index (χ0v) is 10.4. The summed E-state index contributed by atoms with van der Waals surface area (Å²) in [6, 6.07) is 0.105. The summed E-state index contributed by atoms with van der Waals surface area (Å²) in [6.07, 6.45) is 2.81. The lowest BCUT2D eigenvalue weighted by atomic mass is 9.86. The number of aliphatic carboxylic acids is 1. The van der Waals surface area contributed by atoms with Gasteiger partial charge in [0.15, 0.2) is 0 Å². The van der Waals surface area contributed by atoms with Gasteiger partial charge < -0.3 is 15.2 Å². The maximum absolute atomic E-state index is 11.5. The van der Waals surface area contributed by atoms with Crippen molar-refractivity contribution < 1.29 is 19.4 Å². The first-order chi connectivity index (χ1) is 7.99. The van der Waals surface area contributed by atoms with Gasteiger partial charge in [0.2, 0.25) is 5.91 Å². The average Bonchev–Trinajstić information content (AvgIpc) is 2.27. The average molecular weight is 243 g/mol. The van der Waals surface area contributed by atoms with E-state index in [9.17, 15) is 9.59 Å². The number of rotatable bonds is 5. The minimum absolute atomic E-state index is 0.0449. The predicted octanol–water partition coefficient (Wildman–Crippen LogP) is 1.17. The molecule has 1 amide bonds. The molecule has 0 saturated heterocycles. The Balaban J connectivity index is 2.21. The Morgan fingerprint density at radius 3 is 2.35 bits per heavy atom. The van der Waals surface area contributed by atoms with Gasteiger partial charge in [-0.3, -0.25) is 9.59 Å². The third kappa shape index (κ3) is 5.17. The summed E-state index contributed by atoms with van der Waals surface area (Å²) in [4.78, 5) is 22.2. The van der Waals surface area contributed by atoms with Gasteiger partial charge in [-0.1, -0.05) is 0 Å². The van der Waals surface area contributed by atoms with Crippen molar-refractivity contribution >= 4 is 11.9 Å². The van der Waals surface area contributed by atoms with Gasteiger partial charge in [0.05, 0.1) is 12.0 Å². The highest BCUT2D eigenvalue weighted by Gasteiger charge is 2.26. The van der Waals surface area contributed by atoms with E-state index in [0.717, 1.165) is 12.8 Å². The molecular weight excluding hydrogens is 222 g/mol. The van der Waals surface area contributed by atoms with Crippen LogP contribution in [-0.2, 0) is 14.3 Å². The zero-order chi connectivity index (χ0) is 12.8. The lowest BCUT2D eigenvalue weighted by molar-refractivity contribution is -0.142. The number of carboxylic acids is 1. The standard InChI is InChI=1S/C12H21NO4/c1-8(2)17-7-11(14)13-10-5-3-9(4-6-10)12(15)16/h8-10H,3-7H2,1-2H3,(H,13,14)(H,15,16). The number of amides is 1. The molecule has 0 radical (unpaired) electrons. The van der Waals surface area contributed by atoms with Crippen LogP contribution in [-0.4, -0.2) is 35.7 Å². The van der Waals surface area contributed by atoms with E-state index in [1.165, 1.54) is 0 Å². The Bertz CT molecular complexity index is 270. The number of carbonyl (C=O) groups is 2. The largest absolute Gasteiger partial charge is 0.481 e. The van der Waals surface area contributed by atoms with E-state index < -0.39 is 5.97 Å². The molecular formula is C12H21NO4. The van der Waals surface area contributed by atoms with E-state index >= 15 is 0 Å². The summed E-state index contributed by atoms with van der Waals surface area (Å²) in [7, 11) is 0. The first kappa shape index (κ1) is 14.0. The Kier molecular flexibility index (Phi) is 5.41. The zero-order valence-electron chi connectivity index (χ0n) is 10.4. The second-order valence-electron chi connectivity index (χ2n) is 4.81. The first-order valence-electron chi connectivity index (χ1n) is 6.12. The molecule has 1 saturated carbocycles. The van der Waals surface area contributed by atoms with Gasteiger partial charge in [0.25, 0.3) is 0 Å². The van der Waals surface area contributed by atoms with Crippen LogP contribution in [0.2, 0.25) is 0 Å². The molecule has 1 fully saturated rings. The van der Waals surface area contributed by atoms with Crippen LogP contribution < -0.4 is 5.32 Å². The van der Waals surface area contributed by atoms with Crippen molar-refractivity contribution in [1.29, 1.82) is 0 Å². The van der Waals surface area contributed by atoms with Crippen molar-refractivity contribution in [1.82, 2.24) is 5.32 Å². The molecule has 98 valence electrons. The second-order valence-corrected chi connectivity index (χ2v) is 4.81. The Hall–Kier alpha value is -1.10. The smallest absolute Gasteiger partial charge is 0.306 e. The van der Waals surface area contributed by atoms with Crippen LogP contribution in [0.25, 0.3) is 0 Å². The van der Waals surface area contributed by atoms with Crippen LogP contribution in [0, 0.1) is 5.92 Å². The molecule has 1 rings (SSSR count). The molecule has 5 heteroatoms. The number of hydrogen-bond acceptors (Lipinski definition) is 3. The van der Waals surface area contributed by atoms with Crippen molar-refractivity contribution in [2.75, 3.05) is 6.61 Å². The van der Waals surface area contributed by atoms with E-state index in [4.69, 9.17) is 9.84 Å². The van der Waals surface area contributed by atoms with Crippen LogP contribution in [0.5, 0.6) is 0 Å². The highest BCUT2D eigenvalue weighted by molar-refractivity contribution is 5.77. The third-order valence-electron chi connectivity index (χ3n) is 2.99. The molecule has 1 aliphatic rings. The summed E-state index contributed by atoms with van der Waals surface area (Å²) in [5, 5.41) is 11.7. The van der Waals surface area contributed by atoms with E-state index in [0.29, 0.717) is 12.8 Å². The van der Waals surface area contributed by atoms with Gasteiger partial charge in [-0.25, -0.2) is 0 Å². The second kappa shape index (κ2) is 6.59. The van der Waals surface area contributed by atoms with Gasteiger partial charge >= 0.3 is 5.97 Å². The van der Waals surface area contributed by atoms with Crippen molar-refractivity contribution in [3.05, 3.63) is 0 Å². The van der Waals surface area contributed by atoms with Gasteiger partial charge in [0, 0.05) is 6.04 Å². The maximum Gasteiger partial charge on any atom is 0.306 e. The van der Waals surface area contributed by atoms with Crippen molar-refractivity contribution in [3.63, 3.8) is 0 Å². The summed E-state index contributed by atoms with van der Waals surface area (Å²) < 4.78 is 5.20. The SMILES string of the molecule is CC(C)OCC(=O)NC1CCC(C(=O)O)CC1. The topological polar surface area (TPSA) is 75.6 Å². The first-order valence-corrected chi connectivity index (χ1v) is 6.12. The molecule has 0 bridgehead atoms. The minimum atomic E-state index is -0.724. The Morgan fingerprint density at radius 1 is 1.29 bits per heavy atom. The molecule has 1 aliphatic carbocycles. The highest BCUT2D eigenvalue weighted by atomic mass is 16.5. The van der Waals surface area contributed by atoms with E-state index in [2.05, 4.69) is 5.32 Å². The number of nitrogens with one attached hydrogen (secondary N) is 1. The van der Waals surface area contributed by atoms with E-state index in [1.807, 2.05) is 13.8 Å². The molecule has 0 spiro atoms. The maximum atomic E-state index is 11.5. The minimum Gasteiger partial charge on any atom is -0.481 e. The molecule has 17 heavy (non-hydrogen) atoms. The molecule has 0 aromatic rings. The van der Waals surface area contributed by atoms with Gasteiger partial charge in [-0.15, -0.1) is 0 Å². The Labute approximate surface area is 102 Å². The molecule has 0 aromatic carbocycles. The molecule has 0 unspecified atom stereocenters. The quantitative estimate of drug-likeness (QED) is 0.760. The molecule has 5 nitrogen and oxygen atoms in total. The summed E-state index contributed by atoms with van der Waals surface area (Å²) in [5.41, 5.74) is 0. The Morgan fingerprint density at radius 2 is 1.88 bits per heavy atom. The number of carbonyl (C=O) groups excluding carboxylic acids is 1. The molecule has 0 heterocycles. The van der Waals surface area contributed by atoms with Crippen LogP contribution in [0.1, 0.15) is 39.5 Å². The normalized spacial score (nSPS) is 24.6. The number of ether oxygens (including phenoxy) is 1. The summed E-state index contributed by atoms with van der Waals surface area (Å²) in [6.45, 7) is 3.84. The number of hydrogen-bond donors (Lipinski definition) is 2. The van der Waals surface area contributed by atoms with Crippen molar-refractivity contribution in [2.24, 2.45) is 5.92 Å². The fourth-order valence-corrected chi connectivity index (χ4v) is 2.00. The fraction of sp³-hybridized carbons (Fsp3) is 0.833. The van der Waals surface area contributed by atoms with Crippen LogP contribution >= 0.6 is 0 Å². The van der Waals surface area contributed by atoms with E-state index in [-0.39, 0.29) is 30.6 Å². The fourth-order valence-electron chi connectivity index (χ4n) is 2.00. The van der Waals surface area contributed by atoms with Crippen LogP contribution in [0.3, 0.4) is 0 Å². The van der Waals surface area contributed by atoms with Crippen LogP contribution in [0.15, 0.2) is 0 Å². The summed E-state index contributed by atoms with van der Waals surface area (Å²) in [5.74, 6) is -1.08. The monoisotopic (exact) mass is 243 g/mol. The molecule has 0 atom stereocenters. The lowest BCUT2D eigenvalue weighted by Crippen LogP contribution is -2.40. The third-order valence-corrected chi connectivity index (χ3v) is 2.99. The lowest BCUT2D eigenvalue weighted by Gasteiger charge is -2.26. The van der Waals surface area contributed by atoms with Crippen molar-refractivity contribution in [2.45, 2.75) is 51.7 Å². The predicted molar refractivity (Wildman–Crippen MR) is 62.6 cm³/mol.